The molecule has 2 saturated heterocycles. The number of likely N-dealkylation sites (tertiary alicyclic amines) is 2. The van der Waals surface area contributed by atoms with Crippen LogP contribution in [0.4, 0.5) is 13.2 Å². The minimum Gasteiger partial charge on any atom is -0.351 e. The second-order valence-corrected chi connectivity index (χ2v) is 12.2. The molecule has 3 aromatic rings. The van der Waals surface area contributed by atoms with E-state index in [-0.39, 0.29) is 45.2 Å². The summed E-state index contributed by atoms with van der Waals surface area (Å²) < 4.78 is 46.7. The highest BCUT2D eigenvalue weighted by Crippen LogP contribution is 2.56. The molecule has 4 atom stereocenters. The minimum atomic E-state index is -2.12. The number of hydrogen-bond donors (Lipinski definition) is 1. The third kappa shape index (κ3) is 5.67. The molecule has 2 heterocycles. The maximum atomic E-state index is 16.0. The summed E-state index contributed by atoms with van der Waals surface area (Å²) in [6.07, 6.45) is 0.891. The van der Waals surface area contributed by atoms with Crippen LogP contribution in [0.15, 0.2) is 60.7 Å². The van der Waals surface area contributed by atoms with E-state index in [0.717, 1.165) is 6.07 Å². The molecule has 5 rings (SSSR count). The van der Waals surface area contributed by atoms with Gasteiger partial charge in [0, 0.05) is 61.1 Å². The van der Waals surface area contributed by atoms with Crippen molar-refractivity contribution in [3.05, 3.63) is 105 Å². The zero-order valence-electron chi connectivity index (χ0n) is 24.2. The van der Waals surface area contributed by atoms with E-state index in [1.54, 1.807) is 24.0 Å². The molecule has 0 aliphatic carbocycles. The first kappa shape index (κ1) is 31.8. The molecule has 2 aliphatic rings. The van der Waals surface area contributed by atoms with Crippen molar-refractivity contribution in [2.45, 2.75) is 62.7 Å². The Labute approximate surface area is 264 Å². The number of benzene rings is 3. The van der Waals surface area contributed by atoms with E-state index < -0.39 is 46.8 Å². The van der Waals surface area contributed by atoms with E-state index in [2.05, 4.69) is 11.4 Å². The first-order chi connectivity index (χ1) is 21.0. The molecule has 0 saturated carbocycles. The standard InChI is InChI=1S/C33H31Cl2F3N4O2/c1-19-29(24-11-10-22(34)16-28(24)37)30(25-7-5-8-26(35)31(25)38)33(18-39,42(19)17-21-6-3-4-9-27(21)36)32(44)40-23-12-14-41(15-13-23)20(2)43/h3-11,16,19,23,29-30H,12-15,17H2,1-2H3,(H,40,44)/t19-,29+,30-,33+/m1/s1. The molecule has 44 heavy (non-hydrogen) atoms. The lowest BCUT2D eigenvalue weighted by atomic mass is 9.71. The SMILES string of the molecule is CC(=O)N1CCC(NC(=O)[C@]2(C#N)[C@H](c3cccc(Cl)c3F)[C@H](c3ccc(Cl)cc3F)[C@@H](C)N2Cc2ccccc2F)CC1. The molecular formula is C33H31Cl2F3N4O2. The van der Waals surface area contributed by atoms with Crippen LogP contribution in [0.2, 0.25) is 10.0 Å². The van der Waals surface area contributed by atoms with Gasteiger partial charge in [-0.25, -0.2) is 13.2 Å². The fourth-order valence-corrected chi connectivity index (χ4v) is 7.13. The lowest BCUT2D eigenvalue weighted by Gasteiger charge is -2.39. The van der Waals surface area contributed by atoms with Crippen molar-refractivity contribution >= 4 is 35.0 Å². The van der Waals surface area contributed by atoms with Gasteiger partial charge < -0.3 is 10.2 Å². The average Bonchev–Trinajstić information content (AvgIpc) is 3.23. The largest absolute Gasteiger partial charge is 0.351 e. The normalized spacial score (nSPS) is 24.2. The number of amides is 2. The molecule has 3 aromatic carbocycles. The van der Waals surface area contributed by atoms with E-state index in [9.17, 15) is 14.9 Å². The van der Waals surface area contributed by atoms with Crippen LogP contribution in [0.1, 0.15) is 55.2 Å². The second kappa shape index (κ2) is 12.8. The molecule has 0 aromatic heterocycles. The van der Waals surface area contributed by atoms with Crippen molar-refractivity contribution < 1.29 is 22.8 Å². The van der Waals surface area contributed by atoms with Crippen molar-refractivity contribution in [3.8, 4) is 6.07 Å². The summed E-state index contributed by atoms with van der Waals surface area (Å²) >= 11 is 12.3. The maximum absolute atomic E-state index is 16.0. The van der Waals surface area contributed by atoms with Gasteiger partial charge in [0.25, 0.3) is 5.91 Å². The molecule has 1 N–H and O–H groups in total. The topological polar surface area (TPSA) is 76.4 Å². The zero-order valence-corrected chi connectivity index (χ0v) is 25.7. The molecule has 2 aliphatic heterocycles. The Morgan fingerprint density at radius 3 is 2.34 bits per heavy atom. The number of carbonyl (C=O) groups is 2. The van der Waals surface area contributed by atoms with Crippen LogP contribution in [-0.2, 0) is 16.1 Å². The molecule has 0 bridgehead atoms. The summed E-state index contributed by atoms with van der Waals surface area (Å²) in [5.41, 5.74) is -1.82. The molecule has 0 spiro atoms. The Morgan fingerprint density at radius 2 is 1.70 bits per heavy atom. The van der Waals surface area contributed by atoms with E-state index >= 15 is 13.2 Å². The van der Waals surface area contributed by atoms with Gasteiger partial charge in [0.2, 0.25) is 5.91 Å². The third-order valence-electron chi connectivity index (χ3n) is 9.00. The number of halogens is 5. The van der Waals surface area contributed by atoms with Gasteiger partial charge >= 0.3 is 0 Å². The van der Waals surface area contributed by atoms with Gasteiger partial charge in [-0.1, -0.05) is 59.6 Å². The van der Waals surface area contributed by atoms with Gasteiger partial charge in [0.15, 0.2) is 5.54 Å². The first-order valence-electron chi connectivity index (χ1n) is 14.4. The summed E-state index contributed by atoms with van der Waals surface area (Å²) in [5, 5.41) is 14.0. The molecule has 6 nitrogen and oxygen atoms in total. The number of nitriles is 1. The monoisotopic (exact) mass is 642 g/mol. The molecule has 0 unspecified atom stereocenters. The van der Waals surface area contributed by atoms with Crippen molar-refractivity contribution in [2.75, 3.05) is 13.1 Å². The van der Waals surface area contributed by atoms with E-state index in [4.69, 9.17) is 23.2 Å². The van der Waals surface area contributed by atoms with Crippen LogP contribution in [0.3, 0.4) is 0 Å². The molecule has 11 heteroatoms. The van der Waals surface area contributed by atoms with Crippen LogP contribution >= 0.6 is 23.2 Å². The Morgan fingerprint density at radius 1 is 1.00 bits per heavy atom. The van der Waals surface area contributed by atoms with E-state index in [1.165, 1.54) is 54.3 Å². The summed E-state index contributed by atoms with van der Waals surface area (Å²) in [4.78, 5) is 29.7. The summed E-state index contributed by atoms with van der Waals surface area (Å²) in [6, 6.07) is 15.4. The van der Waals surface area contributed by atoms with Crippen LogP contribution in [0.5, 0.6) is 0 Å². The molecule has 2 fully saturated rings. The lowest BCUT2D eigenvalue weighted by Crippen LogP contribution is -2.60. The maximum Gasteiger partial charge on any atom is 0.256 e. The second-order valence-electron chi connectivity index (χ2n) is 11.4. The smallest absolute Gasteiger partial charge is 0.256 e. The predicted molar refractivity (Wildman–Crippen MR) is 161 cm³/mol. The third-order valence-corrected chi connectivity index (χ3v) is 9.53. The van der Waals surface area contributed by atoms with Crippen molar-refractivity contribution in [1.82, 2.24) is 15.1 Å². The molecular weight excluding hydrogens is 612 g/mol. The summed E-state index contributed by atoms with van der Waals surface area (Å²) in [6.45, 7) is 3.83. The highest BCUT2D eigenvalue weighted by atomic mass is 35.5. The molecule has 230 valence electrons. The fourth-order valence-electron chi connectivity index (χ4n) is 6.79. The van der Waals surface area contributed by atoms with E-state index in [1.807, 2.05) is 0 Å². The minimum absolute atomic E-state index is 0.0390. The quantitative estimate of drug-likeness (QED) is 0.330. The number of nitrogens with zero attached hydrogens (tertiary/aromatic N) is 3. The number of piperidine rings is 1. The number of nitrogens with one attached hydrogen (secondary N) is 1. The van der Waals surface area contributed by atoms with Gasteiger partial charge in [-0.05, 0) is 55.2 Å². The Balaban J connectivity index is 1.70. The number of rotatable bonds is 6. The van der Waals surface area contributed by atoms with E-state index in [0.29, 0.717) is 25.9 Å². The molecule has 2 amide bonds. The highest BCUT2D eigenvalue weighted by molar-refractivity contribution is 6.31. The van der Waals surface area contributed by atoms with Crippen molar-refractivity contribution in [3.63, 3.8) is 0 Å². The van der Waals surface area contributed by atoms with Crippen LogP contribution in [0.25, 0.3) is 0 Å². The fraction of sp³-hybridized carbons (Fsp3) is 0.364. The van der Waals surface area contributed by atoms with Crippen LogP contribution in [-0.4, -0.2) is 52.3 Å². The Kier molecular flexibility index (Phi) is 9.26. The summed E-state index contributed by atoms with van der Waals surface area (Å²) in [5.74, 6) is -5.06. The van der Waals surface area contributed by atoms with Gasteiger partial charge in [-0.2, -0.15) is 5.26 Å². The summed E-state index contributed by atoms with van der Waals surface area (Å²) in [7, 11) is 0. The zero-order chi connectivity index (χ0) is 31.8. The number of hydrogen-bond acceptors (Lipinski definition) is 4. The predicted octanol–water partition coefficient (Wildman–Crippen LogP) is 6.57. The van der Waals surface area contributed by atoms with Crippen LogP contribution in [0, 0.1) is 28.8 Å². The number of carbonyl (C=O) groups excluding carboxylic acids is 2. The Bertz CT molecular complexity index is 1620. The lowest BCUT2D eigenvalue weighted by molar-refractivity contribution is -0.132. The highest BCUT2D eigenvalue weighted by Gasteiger charge is 2.64. The first-order valence-corrected chi connectivity index (χ1v) is 15.1. The van der Waals surface area contributed by atoms with Gasteiger partial charge in [-0.15, -0.1) is 0 Å². The van der Waals surface area contributed by atoms with Gasteiger partial charge in [-0.3, -0.25) is 14.5 Å². The van der Waals surface area contributed by atoms with Gasteiger partial charge in [0.05, 0.1) is 11.1 Å². The Hall–Kier alpha value is -3.58. The van der Waals surface area contributed by atoms with Crippen molar-refractivity contribution in [1.29, 1.82) is 5.26 Å². The van der Waals surface area contributed by atoms with Crippen molar-refractivity contribution in [2.24, 2.45) is 0 Å². The van der Waals surface area contributed by atoms with Crippen LogP contribution < -0.4 is 5.32 Å². The average molecular weight is 644 g/mol. The van der Waals surface area contributed by atoms with Gasteiger partial charge in [0.1, 0.15) is 17.5 Å². The molecule has 0 radical (unpaired) electrons.